The molecule has 3 aromatic rings. The van der Waals surface area contributed by atoms with Gasteiger partial charge in [-0.05, 0) is 48.0 Å². The lowest BCUT2D eigenvalue weighted by molar-refractivity contribution is 0.0127. The second kappa shape index (κ2) is 8.37. The normalized spacial score (nSPS) is 19.6. The van der Waals surface area contributed by atoms with Crippen LogP contribution in [0.1, 0.15) is 24.1 Å². The number of alkyl halides is 4. The van der Waals surface area contributed by atoms with E-state index in [2.05, 4.69) is 22.1 Å². The maximum atomic E-state index is 13.6. The van der Waals surface area contributed by atoms with Crippen LogP contribution in [-0.2, 0) is 5.92 Å². The Morgan fingerprint density at radius 1 is 1.09 bits per heavy atom. The number of H-pyrrole nitrogens is 1. The van der Waals surface area contributed by atoms with Gasteiger partial charge in [0.05, 0.1) is 10.7 Å². The Morgan fingerprint density at radius 3 is 2.34 bits per heavy atom. The molecule has 2 atom stereocenters. The molecule has 2 unspecified atom stereocenters. The number of anilines is 1. The second-order valence-corrected chi connectivity index (χ2v) is 10.5. The molecule has 1 heterocycles. The highest BCUT2D eigenvalue weighted by atomic mass is 35.5. The summed E-state index contributed by atoms with van der Waals surface area (Å²) < 4.78 is 26.0. The number of allylic oxidation sites excluding steroid dienone is 1. The molecule has 1 fully saturated rings. The zero-order valence-corrected chi connectivity index (χ0v) is 20.3. The van der Waals surface area contributed by atoms with Gasteiger partial charge in [0.15, 0.2) is 0 Å². The molecule has 0 spiro atoms. The Kier molecular flexibility index (Phi) is 6.19. The second-order valence-electron chi connectivity index (χ2n) is 7.73. The average Bonchev–Trinajstić information content (AvgIpc) is 3.00. The van der Waals surface area contributed by atoms with Gasteiger partial charge in [-0.3, -0.25) is 5.10 Å². The van der Waals surface area contributed by atoms with Crippen molar-refractivity contribution in [1.29, 1.82) is 0 Å². The first kappa shape index (κ1) is 23.7. The van der Waals surface area contributed by atoms with Crippen LogP contribution >= 0.6 is 58.0 Å². The number of nitrogens with zero attached hydrogens (tertiary/aromatic N) is 1. The molecule has 4 rings (SSSR count). The number of benzene rings is 2. The van der Waals surface area contributed by atoms with Gasteiger partial charge in [-0.1, -0.05) is 41.4 Å². The quantitative estimate of drug-likeness (QED) is 0.309. The van der Waals surface area contributed by atoms with Crippen LogP contribution in [0.4, 0.5) is 14.5 Å². The number of aromatic nitrogens is 2. The third-order valence-electron chi connectivity index (χ3n) is 5.27. The lowest BCUT2D eigenvalue weighted by Gasteiger charge is -2.12. The zero-order valence-electron chi connectivity index (χ0n) is 16.5. The standard InChI is InChI=1S/C22H16Cl5F2N3/c1-10(19-20(22(19,26)27)11-5-12(23)7-13(24)6-11)30-14-3-4-16(25)15(8-14)17-9-18(32-31-17)21(2,28)29/h3-9,19-20,30H,1H2,2H3,(H,31,32). The molecule has 1 aliphatic carbocycles. The first-order valence-corrected chi connectivity index (χ1v) is 11.3. The minimum atomic E-state index is -3.05. The summed E-state index contributed by atoms with van der Waals surface area (Å²) in [5.41, 5.74) is 2.48. The predicted octanol–water partition coefficient (Wildman–Crippen LogP) is 8.66. The molecule has 0 aliphatic heterocycles. The van der Waals surface area contributed by atoms with Crippen molar-refractivity contribution in [3.8, 4) is 11.3 Å². The third kappa shape index (κ3) is 4.59. The molecule has 0 amide bonds. The highest BCUT2D eigenvalue weighted by Crippen LogP contribution is 2.67. The monoisotopic (exact) mass is 535 g/mol. The van der Waals surface area contributed by atoms with E-state index in [9.17, 15) is 8.78 Å². The van der Waals surface area contributed by atoms with E-state index in [0.717, 1.165) is 12.5 Å². The van der Waals surface area contributed by atoms with Crippen LogP contribution in [0.15, 0.2) is 54.7 Å². The number of hydrogen-bond donors (Lipinski definition) is 2. The van der Waals surface area contributed by atoms with Crippen molar-refractivity contribution in [3.05, 3.63) is 81.1 Å². The number of halogens is 7. The van der Waals surface area contributed by atoms with E-state index in [1.54, 1.807) is 36.4 Å². The van der Waals surface area contributed by atoms with E-state index in [1.807, 2.05) is 0 Å². The number of hydrogen-bond acceptors (Lipinski definition) is 2. The molecule has 1 aliphatic rings. The van der Waals surface area contributed by atoms with E-state index in [4.69, 9.17) is 58.0 Å². The van der Waals surface area contributed by atoms with Crippen LogP contribution in [-0.4, -0.2) is 14.5 Å². The molecule has 32 heavy (non-hydrogen) atoms. The fraction of sp³-hybridized carbons (Fsp3) is 0.227. The smallest absolute Gasteiger partial charge is 0.286 e. The number of rotatable bonds is 6. The van der Waals surface area contributed by atoms with Gasteiger partial charge in [0.25, 0.3) is 5.92 Å². The highest BCUT2D eigenvalue weighted by Gasteiger charge is 2.65. The molecule has 0 radical (unpaired) electrons. The van der Waals surface area contributed by atoms with E-state index < -0.39 is 10.3 Å². The van der Waals surface area contributed by atoms with Gasteiger partial charge in [0.2, 0.25) is 0 Å². The topological polar surface area (TPSA) is 40.7 Å². The summed E-state index contributed by atoms with van der Waals surface area (Å²) >= 11 is 31.6. The van der Waals surface area contributed by atoms with Crippen molar-refractivity contribution in [3.63, 3.8) is 0 Å². The fourth-order valence-corrected chi connectivity index (χ4v) is 5.33. The van der Waals surface area contributed by atoms with Gasteiger partial charge >= 0.3 is 0 Å². The van der Waals surface area contributed by atoms with E-state index in [-0.39, 0.29) is 17.5 Å². The van der Waals surface area contributed by atoms with Crippen molar-refractivity contribution >= 4 is 63.7 Å². The van der Waals surface area contributed by atoms with Crippen LogP contribution in [0.25, 0.3) is 11.3 Å². The van der Waals surface area contributed by atoms with Crippen LogP contribution in [0, 0.1) is 5.92 Å². The van der Waals surface area contributed by atoms with Crippen molar-refractivity contribution in [2.75, 3.05) is 5.32 Å². The van der Waals surface area contributed by atoms with Crippen molar-refractivity contribution in [2.45, 2.75) is 23.1 Å². The summed E-state index contributed by atoms with van der Waals surface area (Å²) in [5.74, 6) is -3.61. The van der Waals surface area contributed by atoms with Crippen LogP contribution in [0.5, 0.6) is 0 Å². The molecule has 1 aromatic heterocycles. The average molecular weight is 538 g/mol. The van der Waals surface area contributed by atoms with Gasteiger partial charge < -0.3 is 5.32 Å². The first-order chi connectivity index (χ1) is 14.9. The molecule has 2 aromatic carbocycles. The minimum Gasteiger partial charge on any atom is -0.359 e. The van der Waals surface area contributed by atoms with E-state index >= 15 is 0 Å². The molecular weight excluding hydrogens is 522 g/mol. The Hall–Kier alpha value is -1.50. The number of nitrogens with one attached hydrogen (secondary N) is 2. The maximum Gasteiger partial charge on any atom is 0.286 e. The zero-order chi connectivity index (χ0) is 23.4. The Bertz CT molecular complexity index is 1180. The largest absolute Gasteiger partial charge is 0.359 e. The van der Waals surface area contributed by atoms with Crippen LogP contribution in [0.3, 0.4) is 0 Å². The van der Waals surface area contributed by atoms with Gasteiger partial charge in [-0.2, -0.15) is 13.9 Å². The van der Waals surface area contributed by atoms with Gasteiger partial charge in [0.1, 0.15) is 10.0 Å². The van der Waals surface area contributed by atoms with Crippen molar-refractivity contribution in [2.24, 2.45) is 5.92 Å². The molecule has 0 saturated heterocycles. The lowest BCUT2D eigenvalue weighted by Crippen LogP contribution is -2.06. The third-order valence-corrected chi connectivity index (χ3v) is 6.98. The summed E-state index contributed by atoms with van der Waals surface area (Å²) in [6, 6.07) is 11.5. The Balaban J connectivity index is 1.56. The molecule has 10 heteroatoms. The predicted molar refractivity (Wildman–Crippen MR) is 128 cm³/mol. The number of aromatic amines is 1. The van der Waals surface area contributed by atoms with Gasteiger partial charge in [0, 0.05) is 45.8 Å². The molecule has 168 valence electrons. The molecular formula is C22H16Cl5F2N3. The fourth-order valence-electron chi connectivity index (χ4n) is 3.68. The SMILES string of the molecule is C=C(Nc1ccc(Cl)c(-c2cc(C(C)(F)F)[nH]n2)c1)C1C(c2cc(Cl)cc(Cl)c2)C1(Cl)Cl. The Labute approximate surface area is 208 Å². The maximum absolute atomic E-state index is 13.6. The van der Waals surface area contributed by atoms with Crippen LogP contribution < -0.4 is 5.32 Å². The van der Waals surface area contributed by atoms with Gasteiger partial charge in [-0.15, -0.1) is 23.2 Å². The Morgan fingerprint density at radius 2 is 1.75 bits per heavy atom. The van der Waals surface area contributed by atoms with Crippen LogP contribution in [0.2, 0.25) is 15.1 Å². The first-order valence-electron chi connectivity index (χ1n) is 9.41. The molecule has 0 bridgehead atoms. The summed E-state index contributed by atoms with van der Waals surface area (Å²) in [7, 11) is 0. The van der Waals surface area contributed by atoms with Gasteiger partial charge in [-0.25, -0.2) is 0 Å². The highest BCUT2D eigenvalue weighted by molar-refractivity contribution is 6.52. The van der Waals surface area contributed by atoms with E-state index in [0.29, 0.717) is 37.7 Å². The summed E-state index contributed by atoms with van der Waals surface area (Å²) in [5, 5.41) is 10.8. The van der Waals surface area contributed by atoms with E-state index in [1.165, 1.54) is 6.07 Å². The molecule has 1 saturated carbocycles. The van der Waals surface area contributed by atoms with Crippen molar-refractivity contribution < 1.29 is 8.78 Å². The molecule has 3 nitrogen and oxygen atoms in total. The summed E-state index contributed by atoms with van der Waals surface area (Å²) in [6.07, 6.45) is 0. The summed E-state index contributed by atoms with van der Waals surface area (Å²) in [6.45, 7) is 4.88. The minimum absolute atomic E-state index is 0.255. The summed E-state index contributed by atoms with van der Waals surface area (Å²) in [4.78, 5) is 0. The van der Waals surface area contributed by atoms with Crippen molar-refractivity contribution in [1.82, 2.24) is 10.2 Å². The molecule has 2 N–H and O–H groups in total. The lowest BCUT2D eigenvalue weighted by atomic mass is 10.1.